The number of rotatable bonds is 77. The molecule has 0 aliphatic heterocycles. The highest BCUT2D eigenvalue weighted by atomic mass is 31.2. The van der Waals surface area contributed by atoms with Crippen LogP contribution in [0.1, 0.15) is 408 Å². The van der Waals surface area contributed by atoms with Crippen LogP contribution in [0, 0.1) is 17.8 Å². The van der Waals surface area contributed by atoms with Crippen molar-refractivity contribution in [3.8, 4) is 0 Å². The van der Waals surface area contributed by atoms with E-state index in [0.717, 1.165) is 114 Å². The van der Waals surface area contributed by atoms with Gasteiger partial charge in [0, 0.05) is 25.7 Å². The number of unbranched alkanes of at least 4 members (excludes halogenated alkanes) is 45. The third kappa shape index (κ3) is 72.4. The highest BCUT2D eigenvalue weighted by Gasteiger charge is 2.30. The van der Waals surface area contributed by atoms with Crippen molar-refractivity contribution in [2.75, 3.05) is 39.6 Å². The van der Waals surface area contributed by atoms with Gasteiger partial charge in [-0.2, -0.15) is 0 Å². The summed E-state index contributed by atoms with van der Waals surface area (Å²) < 4.78 is 68.6. The minimum Gasteiger partial charge on any atom is -0.462 e. The SMILES string of the molecule is CCCCCCCCCCC(=O)OC[C@H](COP(=O)(O)OC[C@H](O)COP(=O)(O)OC[C@@H](COC(=O)CCCCCCCCCCCCCCCCC(C)C)OC(=O)CCCCCCCCCCCCCCCCCC(C)C)OC(=O)CCCCCCCCCCCCCCC(C)C. The molecule has 0 saturated heterocycles. The number of aliphatic hydroxyl groups is 1. The van der Waals surface area contributed by atoms with Crippen LogP contribution < -0.4 is 0 Å². The quantitative estimate of drug-likeness (QED) is 0.0222. The summed E-state index contributed by atoms with van der Waals surface area (Å²) in [6, 6.07) is 0. The van der Waals surface area contributed by atoms with Gasteiger partial charge in [-0.05, 0) is 43.4 Å². The zero-order chi connectivity index (χ0) is 72.3. The molecule has 0 saturated carbocycles. The second kappa shape index (κ2) is 69.4. The summed E-state index contributed by atoms with van der Waals surface area (Å²) >= 11 is 0. The van der Waals surface area contributed by atoms with Gasteiger partial charge in [0.1, 0.15) is 19.3 Å². The van der Waals surface area contributed by atoms with Gasteiger partial charge in [0.2, 0.25) is 0 Å². The minimum absolute atomic E-state index is 0.107. The van der Waals surface area contributed by atoms with E-state index in [1.165, 1.54) is 212 Å². The summed E-state index contributed by atoms with van der Waals surface area (Å²) in [5, 5.41) is 10.6. The monoisotopic (exact) mass is 1440 g/mol. The Balaban J connectivity index is 5.21. The number of esters is 4. The zero-order valence-corrected chi connectivity index (χ0v) is 66.0. The van der Waals surface area contributed by atoms with E-state index in [-0.39, 0.29) is 25.7 Å². The van der Waals surface area contributed by atoms with Gasteiger partial charge in [0.15, 0.2) is 12.2 Å². The first-order valence-electron chi connectivity index (χ1n) is 40.8. The fraction of sp³-hybridized carbons (Fsp3) is 0.949. The van der Waals surface area contributed by atoms with Gasteiger partial charge in [-0.15, -0.1) is 0 Å². The molecular weight excluding hydrogens is 1280 g/mol. The molecule has 98 heavy (non-hydrogen) atoms. The van der Waals surface area contributed by atoms with Crippen molar-refractivity contribution >= 4 is 39.5 Å². The highest BCUT2D eigenvalue weighted by molar-refractivity contribution is 7.47. The molecule has 582 valence electrons. The second-order valence-corrected chi connectivity index (χ2v) is 32.8. The molecule has 0 spiro atoms. The van der Waals surface area contributed by atoms with Crippen molar-refractivity contribution in [3.63, 3.8) is 0 Å². The van der Waals surface area contributed by atoms with Gasteiger partial charge >= 0.3 is 39.5 Å². The topological polar surface area (TPSA) is 237 Å². The maximum atomic E-state index is 13.1. The average molecular weight is 1440 g/mol. The first-order chi connectivity index (χ1) is 47.2. The van der Waals surface area contributed by atoms with Crippen LogP contribution in [0.25, 0.3) is 0 Å². The summed E-state index contributed by atoms with van der Waals surface area (Å²) in [7, 11) is -9.91. The van der Waals surface area contributed by atoms with Crippen LogP contribution in [-0.4, -0.2) is 96.7 Å². The Kier molecular flexibility index (Phi) is 68.1. The highest BCUT2D eigenvalue weighted by Crippen LogP contribution is 2.45. The van der Waals surface area contributed by atoms with Crippen molar-refractivity contribution < 1.29 is 80.2 Å². The molecule has 0 amide bonds. The van der Waals surface area contributed by atoms with Crippen molar-refractivity contribution in [1.29, 1.82) is 0 Å². The third-order valence-corrected chi connectivity index (χ3v) is 20.3. The molecule has 19 heteroatoms. The summed E-state index contributed by atoms with van der Waals surface area (Å²) in [4.78, 5) is 72.9. The Morgan fingerprint density at radius 1 is 0.276 bits per heavy atom. The van der Waals surface area contributed by atoms with Crippen molar-refractivity contribution in [3.05, 3.63) is 0 Å². The van der Waals surface area contributed by atoms with Crippen molar-refractivity contribution in [2.45, 2.75) is 426 Å². The van der Waals surface area contributed by atoms with E-state index in [0.29, 0.717) is 25.7 Å². The Morgan fingerprint density at radius 2 is 0.469 bits per heavy atom. The van der Waals surface area contributed by atoms with Gasteiger partial charge < -0.3 is 33.8 Å². The van der Waals surface area contributed by atoms with Gasteiger partial charge in [-0.25, -0.2) is 9.13 Å². The molecule has 2 unspecified atom stereocenters. The van der Waals surface area contributed by atoms with Crippen LogP contribution in [0.15, 0.2) is 0 Å². The first kappa shape index (κ1) is 96.1. The smallest absolute Gasteiger partial charge is 0.462 e. The molecule has 0 aliphatic rings. The number of ether oxygens (including phenoxy) is 4. The fourth-order valence-corrected chi connectivity index (χ4v) is 13.7. The van der Waals surface area contributed by atoms with Crippen LogP contribution in [0.4, 0.5) is 0 Å². The van der Waals surface area contributed by atoms with Gasteiger partial charge in [-0.1, -0.05) is 357 Å². The number of aliphatic hydroxyl groups excluding tert-OH is 1. The number of phosphoric acid groups is 2. The van der Waals surface area contributed by atoms with Gasteiger partial charge in [-0.3, -0.25) is 37.3 Å². The molecule has 0 fully saturated rings. The third-order valence-electron chi connectivity index (χ3n) is 18.4. The molecule has 0 aromatic rings. The molecule has 17 nitrogen and oxygen atoms in total. The fourth-order valence-electron chi connectivity index (χ4n) is 12.1. The van der Waals surface area contributed by atoms with E-state index in [9.17, 15) is 43.2 Å². The van der Waals surface area contributed by atoms with Gasteiger partial charge in [0.05, 0.1) is 26.4 Å². The lowest BCUT2D eigenvalue weighted by Crippen LogP contribution is -2.30. The van der Waals surface area contributed by atoms with E-state index < -0.39 is 97.5 Å². The maximum Gasteiger partial charge on any atom is 0.472 e. The number of carbonyl (C=O) groups is 4. The molecule has 0 aromatic heterocycles. The molecular formula is C79H154O17P2. The Morgan fingerprint density at radius 3 is 0.694 bits per heavy atom. The molecule has 0 radical (unpaired) electrons. The van der Waals surface area contributed by atoms with Crippen molar-refractivity contribution in [2.24, 2.45) is 17.8 Å². The predicted molar refractivity (Wildman–Crippen MR) is 400 cm³/mol. The Hall–Kier alpha value is -1.94. The Labute approximate surface area is 600 Å². The number of carbonyl (C=O) groups excluding carboxylic acids is 4. The summed E-state index contributed by atoms with van der Waals surface area (Å²) in [5.41, 5.74) is 0. The predicted octanol–water partition coefficient (Wildman–Crippen LogP) is 23.4. The lowest BCUT2D eigenvalue weighted by Gasteiger charge is -2.21. The number of hydrogen-bond donors (Lipinski definition) is 3. The van der Waals surface area contributed by atoms with E-state index in [1.54, 1.807) is 0 Å². The molecule has 0 aromatic carbocycles. The minimum atomic E-state index is -4.96. The summed E-state index contributed by atoms with van der Waals surface area (Å²) in [5.74, 6) is 0.264. The van der Waals surface area contributed by atoms with Crippen LogP contribution >= 0.6 is 15.6 Å². The van der Waals surface area contributed by atoms with Crippen LogP contribution in [-0.2, 0) is 65.4 Å². The second-order valence-electron chi connectivity index (χ2n) is 29.9. The molecule has 0 aliphatic carbocycles. The standard InChI is InChI=1S/C79H154O17P2/c1-8-9-10-11-12-39-46-53-60-76(81)89-66-74(95-79(84)63-56-49-42-35-29-23-22-26-32-38-45-52-59-72(6)7)68-93-97(85,86)91-64-73(80)65-92-98(87,88)94-69-75(67-90-77(82)61-54-47-40-33-27-20-17-16-19-25-31-37-44-51-58-71(4)5)96-78(83)62-55-48-41-34-28-21-15-13-14-18-24-30-36-43-50-57-70(2)3/h70-75,80H,8-69H2,1-7H3,(H,85,86)(H,87,88)/t73-,74+,75+/m0/s1. The first-order valence-corrected chi connectivity index (χ1v) is 43.8. The van der Waals surface area contributed by atoms with Gasteiger partial charge in [0.25, 0.3) is 0 Å². The lowest BCUT2D eigenvalue weighted by molar-refractivity contribution is -0.161. The number of hydrogen-bond acceptors (Lipinski definition) is 15. The van der Waals surface area contributed by atoms with Crippen LogP contribution in [0.5, 0.6) is 0 Å². The molecule has 0 heterocycles. The van der Waals surface area contributed by atoms with E-state index in [1.807, 2.05) is 0 Å². The Bertz CT molecular complexity index is 1900. The molecule has 0 rings (SSSR count). The van der Waals surface area contributed by atoms with Crippen molar-refractivity contribution in [1.82, 2.24) is 0 Å². The zero-order valence-electron chi connectivity index (χ0n) is 64.3. The van der Waals surface area contributed by atoms with Crippen LogP contribution in [0.3, 0.4) is 0 Å². The molecule has 0 bridgehead atoms. The number of phosphoric ester groups is 2. The largest absolute Gasteiger partial charge is 0.472 e. The van der Waals surface area contributed by atoms with E-state index in [4.69, 9.17) is 37.0 Å². The van der Waals surface area contributed by atoms with E-state index in [2.05, 4.69) is 48.5 Å². The molecule has 5 atom stereocenters. The van der Waals surface area contributed by atoms with E-state index >= 15 is 0 Å². The normalized spacial score (nSPS) is 14.0. The average Bonchev–Trinajstić information content (AvgIpc) is 1.11. The van der Waals surface area contributed by atoms with Crippen LogP contribution in [0.2, 0.25) is 0 Å². The summed E-state index contributed by atoms with van der Waals surface area (Å²) in [6.07, 6.45) is 56.9. The lowest BCUT2D eigenvalue weighted by atomic mass is 10.0. The maximum absolute atomic E-state index is 13.1. The summed E-state index contributed by atoms with van der Waals surface area (Å²) in [6.45, 7) is 12.0. The molecule has 3 N–H and O–H groups in total.